The van der Waals surface area contributed by atoms with Gasteiger partial charge in [0.05, 0.1) is 12.2 Å². The minimum atomic E-state index is -1.72. The van der Waals surface area contributed by atoms with Gasteiger partial charge in [-0.05, 0) is 18.6 Å². The second kappa shape index (κ2) is 11.5. The number of ether oxygens (including phenoxy) is 1. The fourth-order valence-corrected chi connectivity index (χ4v) is 2.45. The predicted molar refractivity (Wildman–Crippen MR) is 92.2 cm³/mol. The van der Waals surface area contributed by atoms with Gasteiger partial charge in [-0.3, -0.25) is 9.59 Å². The summed E-state index contributed by atoms with van der Waals surface area (Å²) in [5.74, 6) is -6.22. The first-order valence-corrected chi connectivity index (χ1v) is 8.93. The van der Waals surface area contributed by atoms with E-state index in [2.05, 4.69) is 6.92 Å². The summed E-state index contributed by atoms with van der Waals surface area (Å²) in [6.45, 7) is 2.02. The van der Waals surface area contributed by atoms with Gasteiger partial charge in [-0.1, -0.05) is 45.4 Å². The van der Waals surface area contributed by atoms with E-state index < -0.39 is 41.4 Å². The molecule has 0 unspecified atom stereocenters. The van der Waals surface area contributed by atoms with Crippen molar-refractivity contribution in [2.75, 3.05) is 20.2 Å². The van der Waals surface area contributed by atoms with Gasteiger partial charge in [-0.2, -0.15) is 0 Å². The van der Waals surface area contributed by atoms with E-state index in [4.69, 9.17) is 4.74 Å². The number of amides is 1. The first-order valence-electron chi connectivity index (χ1n) is 8.93. The number of carbonyl (C=O) groups excluding carboxylic acids is 2. The fourth-order valence-electron chi connectivity index (χ4n) is 2.45. The number of likely N-dealkylation sites (N-methyl/N-ethyl adjacent to an activating group) is 1. The quantitative estimate of drug-likeness (QED) is 0.327. The third-order valence-electron chi connectivity index (χ3n) is 3.99. The molecule has 0 aliphatic rings. The Morgan fingerprint density at radius 1 is 0.962 bits per heavy atom. The van der Waals surface area contributed by atoms with E-state index in [0.717, 1.165) is 30.2 Å². The third kappa shape index (κ3) is 7.06. The van der Waals surface area contributed by atoms with E-state index in [-0.39, 0.29) is 6.61 Å². The van der Waals surface area contributed by atoms with Crippen LogP contribution in [0.5, 0.6) is 0 Å². The van der Waals surface area contributed by atoms with Gasteiger partial charge in [0.1, 0.15) is 6.54 Å². The Labute approximate surface area is 152 Å². The van der Waals surface area contributed by atoms with Crippen molar-refractivity contribution in [2.45, 2.75) is 51.9 Å². The Morgan fingerprint density at radius 3 is 2.23 bits per heavy atom. The van der Waals surface area contributed by atoms with Gasteiger partial charge in [-0.15, -0.1) is 0 Å². The number of unbranched alkanes of at least 4 members (excludes halogenated alkanes) is 6. The molecule has 0 N–H and O–H groups in total. The van der Waals surface area contributed by atoms with Crippen LogP contribution in [0.1, 0.15) is 62.2 Å². The molecular formula is C19H26F3NO3. The summed E-state index contributed by atoms with van der Waals surface area (Å²) in [5.41, 5.74) is -0.633. The molecule has 0 aromatic heterocycles. The SMILES string of the molecule is CCCCCCCCCOC(=O)CN(C)C(=O)c1ccc(F)c(F)c1F. The standard InChI is InChI=1S/C19H26F3NO3/c1-3-4-5-6-7-8-9-12-26-16(24)13-23(2)19(25)14-10-11-15(20)18(22)17(14)21/h10-11H,3-9,12-13H2,1-2H3. The molecule has 0 fully saturated rings. The number of carbonyl (C=O) groups is 2. The first kappa shape index (κ1) is 22.0. The summed E-state index contributed by atoms with van der Waals surface area (Å²) in [5, 5.41) is 0. The van der Waals surface area contributed by atoms with Crippen molar-refractivity contribution in [2.24, 2.45) is 0 Å². The van der Waals surface area contributed by atoms with E-state index in [1.807, 2.05) is 0 Å². The number of benzene rings is 1. The van der Waals surface area contributed by atoms with E-state index in [1.54, 1.807) is 0 Å². The molecule has 26 heavy (non-hydrogen) atoms. The van der Waals surface area contributed by atoms with E-state index in [1.165, 1.54) is 32.7 Å². The van der Waals surface area contributed by atoms with Crippen LogP contribution in [0.25, 0.3) is 0 Å². The number of hydrogen-bond donors (Lipinski definition) is 0. The lowest BCUT2D eigenvalue weighted by Gasteiger charge is -2.17. The molecule has 0 bridgehead atoms. The molecule has 0 heterocycles. The molecule has 1 aromatic carbocycles. The van der Waals surface area contributed by atoms with Crippen LogP contribution >= 0.6 is 0 Å². The maximum atomic E-state index is 13.6. The average Bonchev–Trinajstić information content (AvgIpc) is 2.61. The van der Waals surface area contributed by atoms with Gasteiger partial charge in [0.2, 0.25) is 0 Å². The molecule has 1 rings (SSSR count). The summed E-state index contributed by atoms with van der Waals surface area (Å²) < 4.78 is 44.8. The summed E-state index contributed by atoms with van der Waals surface area (Å²) in [6, 6.07) is 1.51. The van der Waals surface area contributed by atoms with Crippen molar-refractivity contribution in [3.05, 3.63) is 35.1 Å². The van der Waals surface area contributed by atoms with Crippen LogP contribution in [-0.4, -0.2) is 37.0 Å². The van der Waals surface area contributed by atoms with Gasteiger partial charge in [-0.25, -0.2) is 13.2 Å². The number of nitrogens with zero attached hydrogens (tertiary/aromatic N) is 1. The van der Waals surface area contributed by atoms with Crippen LogP contribution < -0.4 is 0 Å². The van der Waals surface area contributed by atoms with Crippen molar-refractivity contribution < 1.29 is 27.5 Å². The minimum Gasteiger partial charge on any atom is -0.464 e. The van der Waals surface area contributed by atoms with Crippen molar-refractivity contribution >= 4 is 11.9 Å². The highest BCUT2D eigenvalue weighted by molar-refractivity contribution is 5.96. The molecule has 0 saturated carbocycles. The summed E-state index contributed by atoms with van der Waals surface area (Å²) in [6.07, 6.45) is 7.60. The lowest BCUT2D eigenvalue weighted by molar-refractivity contribution is -0.144. The van der Waals surface area contributed by atoms with Crippen LogP contribution in [0.15, 0.2) is 12.1 Å². The molecule has 7 heteroatoms. The molecule has 0 atom stereocenters. The number of halogens is 3. The van der Waals surface area contributed by atoms with Crippen LogP contribution in [0.4, 0.5) is 13.2 Å². The summed E-state index contributed by atoms with van der Waals surface area (Å²) in [4.78, 5) is 24.7. The van der Waals surface area contributed by atoms with Gasteiger partial charge in [0.15, 0.2) is 17.5 Å². The molecule has 0 saturated heterocycles. The molecule has 4 nitrogen and oxygen atoms in total. The molecular weight excluding hydrogens is 347 g/mol. The Balaban J connectivity index is 2.34. The maximum absolute atomic E-state index is 13.6. The highest BCUT2D eigenvalue weighted by atomic mass is 19.2. The van der Waals surface area contributed by atoms with E-state index in [9.17, 15) is 22.8 Å². The number of hydrogen-bond acceptors (Lipinski definition) is 3. The minimum absolute atomic E-state index is 0.258. The van der Waals surface area contributed by atoms with Crippen LogP contribution in [0.3, 0.4) is 0 Å². The molecule has 1 aromatic rings. The maximum Gasteiger partial charge on any atom is 0.325 e. The number of rotatable bonds is 11. The van der Waals surface area contributed by atoms with Crippen molar-refractivity contribution in [1.82, 2.24) is 4.90 Å². The largest absolute Gasteiger partial charge is 0.464 e. The van der Waals surface area contributed by atoms with Crippen molar-refractivity contribution in [3.63, 3.8) is 0 Å². The van der Waals surface area contributed by atoms with Crippen LogP contribution in [0.2, 0.25) is 0 Å². The zero-order chi connectivity index (χ0) is 19.5. The Morgan fingerprint density at radius 2 is 1.58 bits per heavy atom. The molecule has 0 radical (unpaired) electrons. The fraction of sp³-hybridized carbons (Fsp3) is 0.579. The average molecular weight is 373 g/mol. The summed E-state index contributed by atoms with van der Waals surface area (Å²) >= 11 is 0. The van der Waals surface area contributed by atoms with Crippen LogP contribution in [0, 0.1) is 17.5 Å². The lowest BCUT2D eigenvalue weighted by Crippen LogP contribution is -2.33. The van der Waals surface area contributed by atoms with Crippen LogP contribution in [-0.2, 0) is 9.53 Å². The Hall–Kier alpha value is -2.05. The Kier molecular flexibility index (Phi) is 9.76. The van der Waals surface area contributed by atoms with E-state index in [0.29, 0.717) is 6.07 Å². The monoisotopic (exact) mass is 373 g/mol. The van der Waals surface area contributed by atoms with Gasteiger partial charge < -0.3 is 9.64 Å². The first-order chi connectivity index (χ1) is 12.4. The smallest absolute Gasteiger partial charge is 0.325 e. The molecule has 0 spiro atoms. The zero-order valence-electron chi connectivity index (χ0n) is 15.3. The second-order valence-electron chi connectivity index (χ2n) is 6.23. The topological polar surface area (TPSA) is 46.6 Å². The van der Waals surface area contributed by atoms with Crippen molar-refractivity contribution in [3.8, 4) is 0 Å². The van der Waals surface area contributed by atoms with Gasteiger partial charge >= 0.3 is 5.97 Å². The molecule has 146 valence electrons. The molecule has 0 aliphatic carbocycles. The highest BCUT2D eigenvalue weighted by Crippen LogP contribution is 2.16. The predicted octanol–water partition coefficient (Wildman–Crippen LogP) is 4.47. The summed E-state index contributed by atoms with van der Waals surface area (Å²) in [7, 11) is 1.26. The second-order valence-corrected chi connectivity index (χ2v) is 6.23. The molecule has 1 amide bonds. The van der Waals surface area contributed by atoms with E-state index >= 15 is 0 Å². The Bertz CT molecular complexity index is 608. The van der Waals surface area contributed by atoms with Crippen molar-refractivity contribution in [1.29, 1.82) is 0 Å². The molecule has 0 aliphatic heterocycles. The zero-order valence-corrected chi connectivity index (χ0v) is 15.3. The lowest BCUT2D eigenvalue weighted by atomic mass is 10.1. The van der Waals surface area contributed by atoms with Gasteiger partial charge in [0.25, 0.3) is 5.91 Å². The van der Waals surface area contributed by atoms with Gasteiger partial charge in [0, 0.05) is 7.05 Å². The highest BCUT2D eigenvalue weighted by Gasteiger charge is 2.22. The number of esters is 1. The normalized spacial score (nSPS) is 10.7. The third-order valence-corrected chi connectivity index (χ3v) is 3.99.